The molecule has 4 heteroatoms. The van der Waals surface area contributed by atoms with Gasteiger partial charge >= 0.3 is 5.97 Å². The fourth-order valence-electron chi connectivity index (χ4n) is 3.29. The molecule has 3 aromatic carbocycles. The van der Waals surface area contributed by atoms with Gasteiger partial charge in [-0.15, -0.1) is 0 Å². The molecule has 0 saturated carbocycles. The van der Waals surface area contributed by atoms with Crippen LogP contribution in [0.2, 0.25) is 0 Å². The minimum absolute atomic E-state index is 0.206. The second-order valence-corrected chi connectivity index (χ2v) is 7.80. The Hall–Kier alpha value is -3.66. The smallest absolute Gasteiger partial charge is 0.306 e. The minimum atomic E-state index is -0.549. The van der Waals surface area contributed by atoms with Gasteiger partial charge in [-0.1, -0.05) is 78.9 Å². The van der Waals surface area contributed by atoms with Crippen molar-refractivity contribution in [1.82, 2.24) is 5.32 Å². The Morgan fingerprint density at radius 1 is 0.906 bits per heavy atom. The molecule has 0 aliphatic rings. The molecule has 0 aliphatic heterocycles. The maximum Gasteiger partial charge on any atom is 0.306 e. The highest BCUT2D eigenvalue weighted by Gasteiger charge is 2.18. The van der Waals surface area contributed by atoms with Crippen molar-refractivity contribution in [3.63, 3.8) is 0 Å². The predicted octanol–water partition coefficient (Wildman–Crippen LogP) is 5.35. The Balaban J connectivity index is 1.63. The number of aryl methyl sites for hydroxylation is 3. The fourth-order valence-corrected chi connectivity index (χ4v) is 3.29. The molecule has 32 heavy (non-hydrogen) atoms. The Morgan fingerprint density at radius 3 is 2.28 bits per heavy atom. The molecular weight excluding hydrogens is 398 g/mol. The van der Waals surface area contributed by atoms with Gasteiger partial charge in [0.1, 0.15) is 6.10 Å². The molecule has 0 aromatic heterocycles. The summed E-state index contributed by atoms with van der Waals surface area (Å²) in [6.45, 7) is 4.27. The average molecular weight is 428 g/mol. The largest absolute Gasteiger partial charge is 0.456 e. The van der Waals surface area contributed by atoms with E-state index in [9.17, 15) is 9.59 Å². The summed E-state index contributed by atoms with van der Waals surface area (Å²) >= 11 is 0. The van der Waals surface area contributed by atoms with Crippen molar-refractivity contribution in [3.05, 3.63) is 113 Å². The molecule has 1 amide bonds. The molecule has 1 N–H and O–H groups in total. The summed E-state index contributed by atoms with van der Waals surface area (Å²) in [4.78, 5) is 24.9. The molecule has 0 fully saturated rings. The summed E-state index contributed by atoms with van der Waals surface area (Å²) in [6.07, 6.45) is 3.60. The lowest BCUT2D eigenvalue weighted by Crippen LogP contribution is -2.29. The van der Waals surface area contributed by atoms with Gasteiger partial charge in [-0.25, -0.2) is 0 Å². The molecule has 3 rings (SSSR count). The number of rotatable bonds is 9. The van der Waals surface area contributed by atoms with Gasteiger partial charge in [0.05, 0.1) is 6.54 Å². The zero-order valence-electron chi connectivity index (χ0n) is 18.6. The number of esters is 1. The van der Waals surface area contributed by atoms with Gasteiger partial charge in [0, 0.05) is 12.5 Å². The maximum atomic E-state index is 12.6. The molecule has 0 bridgehead atoms. The van der Waals surface area contributed by atoms with Crippen LogP contribution < -0.4 is 5.32 Å². The highest BCUT2D eigenvalue weighted by atomic mass is 16.5. The summed E-state index contributed by atoms with van der Waals surface area (Å²) in [7, 11) is 0. The van der Waals surface area contributed by atoms with Crippen LogP contribution >= 0.6 is 0 Å². The van der Waals surface area contributed by atoms with Crippen molar-refractivity contribution in [2.45, 2.75) is 32.8 Å². The third-order valence-electron chi connectivity index (χ3n) is 5.33. The molecule has 0 radical (unpaired) electrons. The number of carbonyl (C=O) groups is 2. The fraction of sp³-hybridized carbons (Fsp3) is 0.214. The summed E-state index contributed by atoms with van der Waals surface area (Å²) in [6, 6.07) is 25.4. The van der Waals surface area contributed by atoms with Gasteiger partial charge in [-0.2, -0.15) is 0 Å². The number of nitrogens with one attached hydrogen (secondary N) is 1. The van der Waals surface area contributed by atoms with Crippen molar-refractivity contribution in [2.75, 3.05) is 6.54 Å². The predicted molar refractivity (Wildman–Crippen MR) is 128 cm³/mol. The van der Waals surface area contributed by atoms with E-state index in [0.29, 0.717) is 6.42 Å². The van der Waals surface area contributed by atoms with Crippen LogP contribution in [0.15, 0.2) is 84.9 Å². The van der Waals surface area contributed by atoms with Crippen LogP contribution in [0.25, 0.3) is 6.08 Å². The third kappa shape index (κ3) is 7.24. The van der Waals surface area contributed by atoms with Gasteiger partial charge in [0.25, 0.3) is 0 Å². The van der Waals surface area contributed by atoms with E-state index in [1.165, 1.54) is 6.08 Å². The van der Waals surface area contributed by atoms with Crippen molar-refractivity contribution in [3.8, 4) is 0 Å². The Labute approximate surface area is 189 Å². The van der Waals surface area contributed by atoms with Crippen molar-refractivity contribution in [2.24, 2.45) is 0 Å². The van der Waals surface area contributed by atoms with E-state index in [0.717, 1.165) is 27.8 Å². The number of amides is 1. The summed E-state index contributed by atoms with van der Waals surface area (Å²) < 4.78 is 5.79. The third-order valence-corrected chi connectivity index (χ3v) is 5.33. The molecule has 0 spiro atoms. The summed E-state index contributed by atoms with van der Waals surface area (Å²) in [5.41, 5.74) is 5.18. The van der Waals surface area contributed by atoms with E-state index in [4.69, 9.17) is 4.74 Å². The van der Waals surface area contributed by atoms with Crippen LogP contribution in [-0.2, 0) is 20.7 Å². The monoisotopic (exact) mass is 427 g/mol. The molecule has 0 aliphatic carbocycles. The normalized spacial score (nSPS) is 11.8. The first kappa shape index (κ1) is 23.0. The molecule has 0 saturated heterocycles. The second-order valence-electron chi connectivity index (χ2n) is 7.80. The van der Waals surface area contributed by atoms with E-state index in [1.54, 1.807) is 6.08 Å². The van der Waals surface area contributed by atoms with Crippen molar-refractivity contribution in [1.29, 1.82) is 0 Å². The molecule has 0 heterocycles. The zero-order chi connectivity index (χ0) is 22.8. The molecule has 4 nitrogen and oxygen atoms in total. The standard InChI is InChI=1S/C28H29NO3/c1-21-13-16-25(19-22(21)2)26(32-28(31)18-15-24-11-7-4-8-12-24)20-29-27(30)17-14-23-9-5-3-6-10-23/h3-14,16-17,19,26H,15,18,20H2,1-2H3,(H,29,30)/b17-14+/t26-/m1/s1. The minimum Gasteiger partial charge on any atom is -0.456 e. The van der Waals surface area contributed by atoms with Crippen LogP contribution in [0.1, 0.15) is 40.3 Å². The van der Waals surface area contributed by atoms with Crippen LogP contribution in [0.5, 0.6) is 0 Å². The first-order valence-electron chi connectivity index (χ1n) is 10.8. The number of ether oxygens (including phenoxy) is 1. The number of hydrogen-bond donors (Lipinski definition) is 1. The van der Waals surface area contributed by atoms with Crippen molar-refractivity contribution >= 4 is 18.0 Å². The number of benzene rings is 3. The lowest BCUT2D eigenvalue weighted by Gasteiger charge is -2.20. The van der Waals surface area contributed by atoms with E-state index in [-0.39, 0.29) is 24.8 Å². The van der Waals surface area contributed by atoms with Gasteiger partial charge in [0.15, 0.2) is 0 Å². The molecule has 1 atom stereocenters. The number of carbonyl (C=O) groups excluding carboxylic acids is 2. The van der Waals surface area contributed by atoms with Gasteiger partial charge in [0.2, 0.25) is 5.91 Å². The Kier molecular flexibility index (Phi) is 8.38. The van der Waals surface area contributed by atoms with E-state index >= 15 is 0 Å². The second kappa shape index (κ2) is 11.7. The van der Waals surface area contributed by atoms with Crippen LogP contribution in [-0.4, -0.2) is 18.4 Å². The quantitative estimate of drug-likeness (QED) is 0.370. The van der Waals surface area contributed by atoms with Gasteiger partial charge < -0.3 is 10.1 Å². The highest BCUT2D eigenvalue weighted by molar-refractivity contribution is 5.91. The van der Waals surface area contributed by atoms with Crippen LogP contribution in [0, 0.1) is 13.8 Å². The number of hydrogen-bond acceptors (Lipinski definition) is 3. The average Bonchev–Trinajstić information content (AvgIpc) is 2.82. The van der Waals surface area contributed by atoms with Gasteiger partial charge in [-0.05, 0) is 54.2 Å². The Morgan fingerprint density at radius 2 is 1.59 bits per heavy atom. The molecule has 3 aromatic rings. The Bertz CT molecular complexity index is 1060. The molecular formula is C28H29NO3. The SMILES string of the molecule is Cc1ccc([C@@H](CNC(=O)/C=C/c2ccccc2)OC(=O)CCc2ccccc2)cc1C. The topological polar surface area (TPSA) is 55.4 Å². The summed E-state index contributed by atoms with van der Waals surface area (Å²) in [5, 5.41) is 2.86. The zero-order valence-corrected chi connectivity index (χ0v) is 18.6. The van der Waals surface area contributed by atoms with E-state index < -0.39 is 6.10 Å². The lowest BCUT2D eigenvalue weighted by atomic mass is 10.0. The first-order valence-corrected chi connectivity index (χ1v) is 10.8. The van der Waals surface area contributed by atoms with E-state index in [1.807, 2.05) is 92.7 Å². The lowest BCUT2D eigenvalue weighted by molar-refractivity contribution is -0.149. The molecule has 0 unspecified atom stereocenters. The summed E-state index contributed by atoms with van der Waals surface area (Å²) in [5.74, 6) is -0.519. The van der Waals surface area contributed by atoms with Crippen molar-refractivity contribution < 1.29 is 14.3 Å². The van der Waals surface area contributed by atoms with Crippen LogP contribution in [0.4, 0.5) is 0 Å². The maximum absolute atomic E-state index is 12.6. The molecule has 164 valence electrons. The van der Waals surface area contributed by atoms with Gasteiger partial charge in [-0.3, -0.25) is 9.59 Å². The van der Waals surface area contributed by atoms with Crippen LogP contribution in [0.3, 0.4) is 0 Å². The highest BCUT2D eigenvalue weighted by Crippen LogP contribution is 2.21. The first-order chi connectivity index (χ1) is 15.5. The van der Waals surface area contributed by atoms with E-state index in [2.05, 4.69) is 5.32 Å².